The summed E-state index contributed by atoms with van der Waals surface area (Å²) in [6.07, 6.45) is 0. The summed E-state index contributed by atoms with van der Waals surface area (Å²) >= 11 is 0. The average molecular weight is 175 g/mol. The number of hydrogen-bond donors (Lipinski definition) is 2. The highest BCUT2D eigenvalue weighted by Gasteiger charge is 2.01. The lowest BCUT2D eigenvalue weighted by atomic mass is 10.2. The molecule has 0 aliphatic carbocycles. The predicted molar refractivity (Wildman–Crippen MR) is 53.5 cm³/mol. The van der Waals surface area contributed by atoms with Crippen LogP contribution in [0.3, 0.4) is 0 Å². The molecule has 0 unspecified atom stereocenters. The second kappa shape index (κ2) is 3.58. The summed E-state index contributed by atoms with van der Waals surface area (Å²) in [6.45, 7) is 3.93. The van der Waals surface area contributed by atoms with Gasteiger partial charge < -0.3 is 5.32 Å². The van der Waals surface area contributed by atoms with Crippen LogP contribution in [0.25, 0.3) is 10.9 Å². The first kappa shape index (κ1) is 8.26. The molecule has 3 nitrogen and oxygen atoms in total. The SMILES string of the molecule is CCNCc1[nH]nc2ccccc12. The van der Waals surface area contributed by atoms with Gasteiger partial charge in [-0.15, -0.1) is 0 Å². The molecule has 0 spiro atoms. The smallest absolute Gasteiger partial charge is 0.0924 e. The fourth-order valence-corrected chi connectivity index (χ4v) is 1.40. The molecule has 0 aliphatic heterocycles. The van der Waals surface area contributed by atoms with Crippen molar-refractivity contribution in [3.05, 3.63) is 30.0 Å². The van der Waals surface area contributed by atoms with Gasteiger partial charge in [-0.3, -0.25) is 5.10 Å². The summed E-state index contributed by atoms with van der Waals surface area (Å²) < 4.78 is 0. The molecule has 0 bridgehead atoms. The van der Waals surface area contributed by atoms with Crippen molar-refractivity contribution in [2.24, 2.45) is 0 Å². The van der Waals surface area contributed by atoms with Gasteiger partial charge in [0.05, 0.1) is 11.2 Å². The van der Waals surface area contributed by atoms with E-state index in [1.807, 2.05) is 18.2 Å². The topological polar surface area (TPSA) is 40.7 Å². The minimum atomic E-state index is 0.858. The summed E-state index contributed by atoms with van der Waals surface area (Å²) in [6, 6.07) is 8.14. The number of fused-ring (bicyclic) bond motifs is 1. The molecule has 0 aliphatic rings. The van der Waals surface area contributed by atoms with Gasteiger partial charge in [0.25, 0.3) is 0 Å². The summed E-state index contributed by atoms with van der Waals surface area (Å²) in [5.41, 5.74) is 2.20. The van der Waals surface area contributed by atoms with Crippen LogP contribution in [-0.4, -0.2) is 16.7 Å². The third kappa shape index (κ3) is 1.55. The average Bonchev–Trinajstić information content (AvgIpc) is 2.58. The summed E-state index contributed by atoms with van der Waals surface area (Å²) in [5, 5.41) is 11.7. The van der Waals surface area contributed by atoms with Gasteiger partial charge in [0.1, 0.15) is 0 Å². The van der Waals surface area contributed by atoms with Gasteiger partial charge in [0, 0.05) is 11.9 Å². The fourth-order valence-electron chi connectivity index (χ4n) is 1.40. The van der Waals surface area contributed by atoms with E-state index >= 15 is 0 Å². The Hall–Kier alpha value is -1.35. The molecule has 2 rings (SSSR count). The van der Waals surface area contributed by atoms with E-state index in [-0.39, 0.29) is 0 Å². The zero-order valence-corrected chi connectivity index (χ0v) is 7.67. The van der Waals surface area contributed by atoms with Crippen LogP contribution in [0.1, 0.15) is 12.6 Å². The van der Waals surface area contributed by atoms with Crippen molar-refractivity contribution in [2.45, 2.75) is 13.5 Å². The molecule has 0 fully saturated rings. The fraction of sp³-hybridized carbons (Fsp3) is 0.300. The molecule has 13 heavy (non-hydrogen) atoms. The van der Waals surface area contributed by atoms with Crippen molar-refractivity contribution in [3.63, 3.8) is 0 Å². The van der Waals surface area contributed by atoms with Crippen LogP contribution in [0.2, 0.25) is 0 Å². The van der Waals surface area contributed by atoms with E-state index < -0.39 is 0 Å². The molecule has 68 valence electrons. The number of nitrogens with zero attached hydrogens (tertiary/aromatic N) is 1. The molecule has 1 aromatic heterocycles. The Kier molecular flexibility index (Phi) is 2.27. The van der Waals surface area contributed by atoms with E-state index in [1.54, 1.807) is 0 Å². The van der Waals surface area contributed by atoms with Gasteiger partial charge >= 0.3 is 0 Å². The molecule has 3 heteroatoms. The van der Waals surface area contributed by atoms with E-state index in [0.717, 1.165) is 24.3 Å². The Morgan fingerprint density at radius 2 is 2.23 bits per heavy atom. The molecule has 1 heterocycles. The van der Waals surface area contributed by atoms with Crippen molar-refractivity contribution in [1.29, 1.82) is 0 Å². The first-order valence-corrected chi connectivity index (χ1v) is 4.54. The highest BCUT2D eigenvalue weighted by atomic mass is 15.1. The number of H-pyrrole nitrogens is 1. The van der Waals surface area contributed by atoms with Crippen LogP contribution in [0.4, 0.5) is 0 Å². The van der Waals surface area contributed by atoms with Crippen LogP contribution in [-0.2, 0) is 6.54 Å². The minimum Gasteiger partial charge on any atom is -0.311 e. The highest BCUT2D eigenvalue weighted by Crippen LogP contribution is 2.14. The lowest BCUT2D eigenvalue weighted by molar-refractivity contribution is 0.711. The Morgan fingerprint density at radius 3 is 3.08 bits per heavy atom. The van der Waals surface area contributed by atoms with Gasteiger partial charge in [-0.2, -0.15) is 5.10 Å². The Morgan fingerprint density at radius 1 is 1.38 bits per heavy atom. The lowest BCUT2D eigenvalue weighted by Crippen LogP contribution is -2.12. The molecule has 0 saturated carbocycles. The predicted octanol–water partition coefficient (Wildman–Crippen LogP) is 1.67. The molecular weight excluding hydrogens is 162 g/mol. The van der Waals surface area contributed by atoms with Gasteiger partial charge in [-0.25, -0.2) is 0 Å². The number of benzene rings is 1. The zero-order valence-electron chi connectivity index (χ0n) is 7.67. The van der Waals surface area contributed by atoms with E-state index in [2.05, 4.69) is 28.5 Å². The summed E-state index contributed by atoms with van der Waals surface area (Å²) in [7, 11) is 0. The van der Waals surface area contributed by atoms with Crippen molar-refractivity contribution in [1.82, 2.24) is 15.5 Å². The van der Waals surface area contributed by atoms with Crippen LogP contribution in [0.15, 0.2) is 24.3 Å². The summed E-state index contributed by atoms with van der Waals surface area (Å²) in [5.74, 6) is 0. The normalized spacial score (nSPS) is 10.8. The van der Waals surface area contributed by atoms with Crippen molar-refractivity contribution in [2.75, 3.05) is 6.54 Å². The lowest BCUT2D eigenvalue weighted by Gasteiger charge is -1.97. The van der Waals surface area contributed by atoms with Gasteiger partial charge in [-0.1, -0.05) is 25.1 Å². The molecule has 0 radical (unpaired) electrons. The zero-order chi connectivity index (χ0) is 9.10. The number of aromatic amines is 1. The number of aromatic nitrogens is 2. The second-order valence-electron chi connectivity index (χ2n) is 3.00. The molecule has 0 amide bonds. The second-order valence-corrected chi connectivity index (χ2v) is 3.00. The molecular formula is C10H13N3. The van der Waals surface area contributed by atoms with E-state index in [9.17, 15) is 0 Å². The van der Waals surface area contributed by atoms with E-state index in [1.165, 1.54) is 5.39 Å². The van der Waals surface area contributed by atoms with E-state index in [4.69, 9.17) is 0 Å². The number of para-hydroxylation sites is 1. The number of hydrogen-bond acceptors (Lipinski definition) is 2. The minimum absolute atomic E-state index is 0.858. The quantitative estimate of drug-likeness (QED) is 0.745. The molecule has 0 atom stereocenters. The van der Waals surface area contributed by atoms with Crippen molar-refractivity contribution < 1.29 is 0 Å². The first-order chi connectivity index (χ1) is 6.42. The summed E-state index contributed by atoms with van der Waals surface area (Å²) in [4.78, 5) is 0. The van der Waals surface area contributed by atoms with Gasteiger partial charge in [-0.05, 0) is 12.6 Å². The number of rotatable bonds is 3. The van der Waals surface area contributed by atoms with Crippen LogP contribution in [0.5, 0.6) is 0 Å². The molecule has 2 N–H and O–H groups in total. The Bertz CT molecular complexity index is 392. The maximum atomic E-state index is 4.21. The molecule has 2 aromatic rings. The van der Waals surface area contributed by atoms with Gasteiger partial charge in [0.2, 0.25) is 0 Å². The monoisotopic (exact) mass is 175 g/mol. The Labute approximate surface area is 77.2 Å². The molecule has 1 aromatic carbocycles. The highest BCUT2D eigenvalue weighted by molar-refractivity contribution is 5.80. The van der Waals surface area contributed by atoms with Crippen LogP contribution in [0, 0.1) is 0 Å². The van der Waals surface area contributed by atoms with Crippen LogP contribution >= 0.6 is 0 Å². The molecule has 0 saturated heterocycles. The third-order valence-corrected chi connectivity index (χ3v) is 2.09. The Balaban J connectivity index is 2.35. The van der Waals surface area contributed by atoms with Crippen LogP contribution < -0.4 is 5.32 Å². The maximum Gasteiger partial charge on any atom is 0.0924 e. The van der Waals surface area contributed by atoms with Crippen molar-refractivity contribution >= 4 is 10.9 Å². The first-order valence-electron chi connectivity index (χ1n) is 4.54. The maximum absolute atomic E-state index is 4.21. The largest absolute Gasteiger partial charge is 0.311 e. The van der Waals surface area contributed by atoms with E-state index in [0.29, 0.717) is 0 Å². The standard InChI is InChI=1S/C10H13N3/c1-2-11-7-10-8-5-3-4-6-9(8)12-13-10/h3-6,11H,2,7H2,1H3,(H,12,13). The van der Waals surface area contributed by atoms with Crippen molar-refractivity contribution in [3.8, 4) is 0 Å². The van der Waals surface area contributed by atoms with Gasteiger partial charge in [0.15, 0.2) is 0 Å². The number of nitrogens with one attached hydrogen (secondary N) is 2. The third-order valence-electron chi connectivity index (χ3n) is 2.09.